The third kappa shape index (κ3) is 4.96. The lowest BCUT2D eigenvalue weighted by molar-refractivity contribution is -0.133. The van der Waals surface area contributed by atoms with Gasteiger partial charge in [-0.2, -0.15) is 0 Å². The maximum absolute atomic E-state index is 12.5. The maximum atomic E-state index is 12.5. The van der Waals surface area contributed by atoms with Gasteiger partial charge in [0.05, 0.1) is 24.3 Å². The number of nitrogens with zero attached hydrogens (tertiary/aromatic N) is 1. The second-order valence-corrected chi connectivity index (χ2v) is 6.25. The molecule has 0 bridgehead atoms. The Bertz CT molecular complexity index is 747. The van der Waals surface area contributed by atoms with Crippen molar-refractivity contribution in [2.45, 2.75) is 13.5 Å². The van der Waals surface area contributed by atoms with Gasteiger partial charge >= 0.3 is 0 Å². The molecule has 0 heterocycles. The van der Waals surface area contributed by atoms with Crippen LogP contribution in [0.4, 0.5) is 0 Å². The van der Waals surface area contributed by atoms with Crippen molar-refractivity contribution in [1.29, 1.82) is 0 Å². The number of methoxy groups -OCH3 is 2. The van der Waals surface area contributed by atoms with Gasteiger partial charge in [0.1, 0.15) is 0 Å². The number of hydrogen-bond donors (Lipinski definition) is 0. The highest BCUT2D eigenvalue weighted by atomic mass is 35.5. The predicted molar refractivity (Wildman–Crippen MR) is 103 cm³/mol. The van der Waals surface area contributed by atoms with Crippen LogP contribution in [0.25, 0.3) is 0 Å². The molecule has 1 amide bonds. The molecular formula is C19H21Cl2NO4. The number of ether oxygens (including phenoxy) is 3. The van der Waals surface area contributed by atoms with Crippen LogP contribution in [0.2, 0.25) is 10.0 Å². The van der Waals surface area contributed by atoms with E-state index in [0.29, 0.717) is 40.4 Å². The van der Waals surface area contributed by atoms with Gasteiger partial charge in [0, 0.05) is 13.1 Å². The first-order valence-electron chi connectivity index (χ1n) is 8.05. The van der Waals surface area contributed by atoms with Gasteiger partial charge in [-0.1, -0.05) is 35.3 Å². The van der Waals surface area contributed by atoms with Gasteiger partial charge in [-0.15, -0.1) is 0 Å². The summed E-state index contributed by atoms with van der Waals surface area (Å²) in [5.41, 5.74) is 0.925. The molecule has 2 aromatic carbocycles. The van der Waals surface area contributed by atoms with Crippen molar-refractivity contribution in [2.75, 3.05) is 27.4 Å². The Morgan fingerprint density at radius 2 is 1.69 bits per heavy atom. The van der Waals surface area contributed by atoms with Crippen LogP contribution in [0.3, 0.4) is 0 Å². The summed E-state index contributed by atoms with van der Waals surface area (Å²) in [7, 11) is 3.15. The van der Waals surface area contributed by atoms with Crippen LogP contribution in [-0.2, 0) is 11.3 Å². The number of carbonyl (C=O) groups excluding carboxylic acids is 1. The molecule has 0 atom stereocenters. The molecule has 26 heavy (non-hydrogen) atoms. The van der Waals surface area contributed by atoms with E-state index in [1.54, 1.807) is 37.3 Å². The average molecular weight is 398 g/mol. The second-order valence-electron chi connectivity index (χ2n) is 5.44. The summed E-state index contributed by atoms with van der Waals surface area (Å²) < 4.78 is 16.1. The van der Waals surface area contributed by atoms with Crippen LogP contribution >= 0.6 is 23.2 Å². The first-order valence-corrected chi connectivity index (χ1v) is 8.81. The molecule has 2 rings (SSSR count). The number of carbonyl (C=O) groups is 1. The minimum absolute atomic E-state index is 0.148. The number of amides is 1. The zero-order chi connectivity index (χ0) is 19.1. The van der Waals surface area contributed by atoms with E-state index in [-0.39, 0.29) is 12.5 Å². The Labute approximate surface area is 163 Å². The molecule has 0 spiro atoms. The lowest BCUT2D eigenvalue weighted by Gasteiger charge is -2.22. The topological polar surface area (TPSA) is 48.0 Å². The van der Waals surface area contributed by atoms with Crippen molar-refractivity contribution >= 4 is 29.1 Å². The lowest BCUT2D eigenvalue weighted by atomic mass is 10.2. The molecule has 0 aromatic heterocycles. The molecule has 0 saturated heterocycles. The average Bonchev–Trinajstić information content (AvgIpc) is 2.65. The molecule has 0 N–H and O–H groups in total. The Balaban J connectivity index is 2.05. The van der Waals surface area contributed by atoms with Crippen molar-refractivity contribution in [3.05, 3.63) is 52.0 Å². The fraction of sp³-hybridized carbons (Fsp3) is 0.316. The smallest absolute Gasteiger partial charge is 0.260 e. The number of hydrogen-bond acceptors (Lipinski definition) is 4. The predicted octanol–water partition coefficient (Wildman–Crippen LogP) is 4.44. The molecule has 140 valence electrons. The zero-order valence-corrected chi connectivity index (χ0v) is 16.4. The summed E-state index contributed by atoms with van der Waals surface area (Å²) in [5.74, 6) is 1.40. The Morgan fingerprint density at radius 1 is 1.04 bits per heavy atom. The van der Waals surface area contributed by atoms with Crippen LogP contribution in [-0.4, -0.2) is 38.2 Å². The van der Waals surface area contributed by atoms with Crippen LogP contribution < -0.4 is 14.2 Å². The van der Waals surface area contributed by atoms with E-state index in [1.165, 1.54) is 0 Å². The van der Waals surface area contributed by atoms with Gasteiger partial charge < -0.3 is 19.1 Å². The van der Waals surface area contributed by atoms with Crippen LogP contribution in [0.1, 0.15) is 12.5 Å². The fourth-order valence-corrected chi connectivity index (χ4v) is 2.93. The minimum Gasteiger partial charge on any atom is -0.493 e. The van der Waals surface area contributed by atoms with Crippen molar-refractivity contribution in [1.82, 2.24) is 4.90 Å². The summed E-state index contributed by atoms with van der Waals surface area (Å²) in [6.07, 6.45) is 0. The second kappa shape index (κ2) is 9.55. The molecule has 5 nitrogen and oxygen atoms in total. The first kappa shape index (κ1) is 20.2. The van der Waals surface area contributed by atoms with Crippen LogP contribution in [0.15, 0.2) is 36.4 Å². The van der Waals surface area contributed by atoms with Crippen molar-refractivity contribution in [3.63, 3.8) is 0 Å². The van der Waals surface area contributed by atoms with E-state index < -0.39 is 0 Å². The highest BCUT2D eigenvalue weighted by Gasteiger charge is 2.16. The fourth-order valence-electron chi connectivity index (χ4n) is 2.42. The van der Waals surface area contributed by atoms with E-state index in [4.69, 9.17) is 37.4 Å². The molecule has 0 unspecified atom stereocenters. The largest absolute Gasteiger partial charge is 0.493 e. The quantitative estimate of drug-likeness (QED) is 0.660. The monoisotopic (exact) mass is 397 g/mol. The summed E-state index contributed by atoms with van der Waals surface area (Å²) in [6, 6.07) is 10.6. The number of likely N-dealkylation sites (N-methyl/N-ethyl adjacent to an activating group) is 1. The van der Waals surface area contributed by atoms with Crippen molar-refractivity contribution in [3.8, 4) is 17.2 Å². The summed E-state index contributed by atoms with van der Waals surface area (Å²) in [5, 5.41) is 0.737. The standard InChI is InChI=1S/C19H21Cl2NO4/c1-4-22(11-13-8-9-16(24-2)17(10-13)25-3)18(23)12-26-19-14(20)6-5-7-15(19)21/h5-10H,4,11-12H2,1-3H3. The van der Waals surface area contributed by atoms with Gasteiger partial charge in [-0.3, -0.25) is 4.79 Å². The van der Waals surface area contributed by atoms with E-state index in [1.807, 2.05) is 25.1 Å². The number of halogens is 2. The zero-order valence-electron chi connectivity index (χ0n) is 14.9. The van der Waals surface area contributed by atoms with Gasteiger partial charge in [-0.25, -0.2) is 0 Å². The Morgan fingerprint density at radius 3 is 2.27 bits per heavy atom. The first-order chi connectivity index (χ1) is 12.5. The molecule has 0 aliphatic carbocycles. The Hall–Kier alpha value is -2.11. The van der Waals surface area contributed by atoms with Crippen molar-refractivity contribution in [2.24, 2.45) is 0 Å². The molecule has 2 aromatic rings. The highest BCUT2D eigenvalue weighted by Crippen LogP contribution is 2.32. The third-order valence-electron chi connectivity index (χ3n) is 3.81. The molecule has 0 aliphatic rings. The summed E-state index contributed by atoms with van der Waals surface area (Å²) in [6.45, 7) is 2.72. The number of rotatable bonds is 8. The molecule has 7 heteroatoms. The van der Waals surface area contributed by atoms with Gasteiger partial charge in [0.15, 0.2) is 23.9 Å². The van der Waals surface area contributed by atoms with E-state index in [0.717, 1.165) is 5.56 Å². The third-order valence-corrected chi connectivity index (χ3v) is 4.41. The van der Waals surface area contributed by atoms with E-state index in [2.05, 4.69) is 0 Å². The molecular weight excluding hydrogens is 377 g/mol. The van der Waals surface area contributed by atoms with Gasteiger partial charge in [-0.05, 0) is 36.8 Å². The molecule has 0 fully saturated rings. The molecule has 0 radical (unpaired) electrons. The van der Waals surface area contributed by atoms with E-state index in [9.17, 15) is 4.79 Å². The summed E-state index contributed by atoms with van der Waals surface area (Å²) >= 11 is 12.1. The molecule has 0 aliphatic heterocycles. The lowest BCUT2D eigenvalue weighted by Crippen LogP contribution is -2.34. The summed E-state index contributed by atoms with van der Waals surface area (Å²) in [4.78, 5) is 14.2. The van der Waals surface area contributed by atoms with Crippen LogP contribution in [0.5, 0.6) is 17.2 Å². The van der Waals surface area contributed by atoms with Gasteiger partial charge in [0.25, 0.3) is 5.91 Å². The minimum atomic E-state index is -0.168. The maximum Gasteiger partial charge on any atom is 0.260 e. The number of benzene rings is 2. The molecule has 0 saturated carbocycles. The Kier molecular flexibility index (Phi) is 7.42. The SMILES string of the molecule is CCN(Cc1ccc(OC)c(OC)c1)C(=O)COc1c(Cl)cccc1Cl. The number of para-hydroxylation sites is 1. The van der Waals surface area contributed by atoms with E-state index >= 15 is 0 Å². The highest BCUT2D eigenvalue weighted by molar-refractivity contribution is 6.37. The normalized spacial score (nSPS) is 10.3. The van der Waals surface area contributed by atoms with Crippen LogP contribution in [0, 0.1) is 0 Å². The van der Waals surface area contributed by atoms with Crippen molar-refractivity contribution < 1.29 is 19.0 Å². The van der Waals surface area contributed by atoms with Gasteiger partial charge in [0.2, 0.25) is 0 Å².